The molecule has 8 aromatic heterocycles. The number of fused-ring (bicyclic) bond motifs is 14. The van der Waals surface area contributed by atoms with E-state index >= 15 is 0 Å². The molecule has 0 unspecified atom stereocenters. The number of hydrogen-bond donors (Lipinski definition) is 0. The molecule has 0 aliphatic rings. The lowest BCUT2D eigenvalue weighted by molar-refractivity contribution is 0.767. The first-order valence-corrected chi connectivity index (χ1v) is 51.2. The van der Waals surface area contributed by atoms with Crippen LogP contribution in [0.2, 0.25) is 0 Å². The molecule has 0 spiro atoms. The van der Waals surface area contributed by atoms with Crippen LogP contribution < -0.4 is 0 Å². The highest BCUT2D eigenvalue weighted by Gasteiger charge is 2.24. The molecule has 8 heterocycles. The second-order valence-corrected chi connectivity index (χ2v) is 45.5. The Morgan fingerprint density at radius 3 is 0.224 bits per heavy atom. The van der Waals surface area contributed by atoms with Crippen molar-refractivity contribution in [1.82, 2.24) is 0 Å². The molecule has 0 saturated heterocycles. The second-order valence-electron chi connectivity index (χ2n) is 27.6. The van der Waals surface area contributed by atoms with Crippen LogP contribution in [0.1, 0.15) is 355 Å². The Morgan fingerprint density at radius 2 is 0.173 bits per heavy atom. The minimum Gasteiger partial charge on any atom is -0.114 e. The summed E-state index contributed by atoms with van der Waals surface area (Å²) in [6.07, 6.45) is 51.6. The number of rotatable bonds is 42. The van der Waals surface area contributed by atoms with Crippen LogP contribution in [0.15, 0.2) is 0 Å². The summed E-state index contributed by atoms with van der Waals surface area (Å²) >= 11 is 31.2. The van der Waals surface area contributed by atoms with Crippen LogP contribution in [0.5, 0.6) is 0 Å². The first-order chi connectivity index (χ1) is 48.0. The molecule has 0 amide bonds. The zero-order valence-corrected chi connectivity index (χ0v) is 74.8. The Hall–Kier alpha value is -0.560. The van der Waals surface area contributed by atoms with Crippen LogP contribution in [-0.2, 0) is 89.9 Å². The molecule has 0 aromatic carbocycles. The average Bonchev–Trinajstić information content (AvgIpc) is 1.63. The van der Waals surface area contributed by atoms with Crippen molar-refractivity contribution in [2.45, 2.75) is 367 Å². The predicted molar refractivity (Wildman–Crippen MR) is 477 cm³/mol. The van der Waals surface area contributed by atoms with Crippen molar-refractivity contribution in [2.24, 2.45) is 0 Å². The summed E-state index contributed by atoms with van der Waals surface area (Å²) in [7, 11) is 0. The standard InChI is InChI=1S/C84H126S14/c1-15-29-43-57-58(44-30-16-2)72-85-71(57)92-73-59(45-31-17-3)60(46-32-18-4)75(86-73)94-77-63(49-35-21-7)64(50-36-22-8)79(88-77)96-81-67(53-39-25-11)68(54-40-26-12)83(90-81)98-84-70(56-42-28-14)69(55-41-27-13)82(91-84)97-80-66(52-38-24-10)65(51-37-23-9)78(89-80)95-76-62(48-34-20-6)61(47-33-19-5)74(87-76)93-72/h15-56H2,1-14H3. The van der Waals surface area contributed by atoms with Crippen molar-refractivity contribution in [1.29, 1.82) is 0 Å². The van der Waals surface area contributed by atoms with E-state index in [2.05, 4.69) is 256 Å². The normalized spacial score (nSPS) is 11.9. The summed E-state index contributed by atoms with van der Waals surface area (Å²) in [5.41, 5.74) is 23.9. The molecular weight excluding hydrogens is 1460 g/mol. The van der Waals surface area contributed by atoms with Gasteiger partial charge in [0.15, 0.2) is 0 Å². The van der Waals surface area contributed by atoms with E-state index in [1.54, 1.807) is 134 Å². The lowest BCUT2D eigenvalue weighted by atomic mass is 10.0. The van der Waals surface area contributed by atoms with Crippen LogP contribution in [0.3, 0.4) is 0 Å². The Labute approximate surface area is 652 Å². The summed E-state index contributed by atoms with van der Waals surface area (Å²) < 4.78 is 22.7. The lowest BCUT2D eigenvalue weighted by Crippen LogP contribution is -1.92. The number of thiophene rings is 7. The maximum absolute atomic E-state index is 2.43. The molecule has 0 nitrogen and oxygen atoms in total. The highest BCUT2D eigenvalue weighted by molar-refractivity contribution is 7.61. The lowest BCUT2D eigenvalue weighted by Gasteiger charge is -2.06. The molecule has 546 valence electrons. The second kappa shape index (κ2) is 45.2. The van der Waals surface area contributed by atoms with E-state index in [1.165, 1.54) is 270 Å². The third-order valence-corrected chi connectivity index (χ3v) is 38.6. The highest BCUT2D eigenvalue weighted by atomic mass is 32.2. The van der Waals surface area contributed by atoms with Gasteiger partial charge in [0.05, 0.1) is 56.2 Å². The van der Waals surface area contributed by atoms with Gasteiger partial charge in [0.2, 0.25) is 0 Å². The minimum atomic E-state index is 1.19. The predicted octanol–water partition coefficient (Wildman–Crippen LogP) is 35.6. The number of aryl methyl sites for hydroxylation is 14. The van der Waals surface area contributed by atoms with Crippen LogP contribution >= 0.6 is 159 Å². The third-order valence-electron chi connectivity index (χ3n) is 19.5. The molecule has 0 radical (unpaired) electrons. The van der Waals surface area contributed by atoms with Crippen LogP contribution in [-0.4, -0.2) is 0 Å². The van der Waals surface area contributed by atoms with Gasteiger partial charge in [0.25, 0.3) is 0 Å². The molecule has 14 heteroatoms. The van der Waals surface area contributed by atoms with E-state index in [1.807, 2.05) is 0 Å². The quantitative estimate of drug-likeness (QED) is 0.0358. The van der Waals surface area contributed by atoms with Gasteiger partial charge in [0, 0.05) is 0 Å². The Kier molecular flexibility index (Phi) is 38.3. The molecule has 0 atom stereocenters. The largest absolute Gasteiger partial charge is 0.114 e. The number of unbranched alkanes of at least 4 members (excludes halogenated alkanes) is 14. The summed E-state index contributed by atoms with van der Waals surface area (Å²) in [6, 6.07) is 0. The zero-order chi connectivity index (χ0) is 69.8. The Balaban J connectivity index is 1.71. The first-order valence-electron chi connectivity index (χ1n) is 39.8. The van der Waals surface area contributed by atoms with Crippen molar-refractivity contribution in [3.05, 3.63) is 77.9 Å². The molecule has 0 fully saturated rings. The fourth-order valence-corrected chi connectivity index (χ4v) is 37.1. The van der Waals surface area contributed by atoms with Gasteiger partial charge in [0.1, 0.15) is 0 Å². The monoisotopic (exact) mass is 1580 g/mol. The van der Waals surface area contributed by atoms with Gasteiger partial charge in [-0.2, -0.15) is 0 Å². The van der Waals surface area contributed by atoms with Gasteiger partial charge < -0.3 is 0 Å². The van der Waals surface area contributed by atoms with E-state index < -0.39 is 0 Å². The summed E-state index contributed by atoms with van der Waals surface area (Å²) in [5.74, 6) is 0. The molecule has 0 aliphatic carbocycles. The van der Waals surface area contributed by atoms with Gasteiger partial charge in [-0.3, -0.25) is 0 Å². The van der Waals surface area contributed by atoms with Crippen LogP contribution in [0.4, 0.5) is 0 Å². The molecule has 8 aromatic rings. The molecule has 0 aliphatic heterocycles. The maximum Gasteiger partial charge on any atom is 0.0857 e. The van der Waals surface area contributed by atoms with E-state index in [0.717, 1.165) is 0 Å². The van der Waals surface area contributed by atoms with Gasteiger partial charge in [-0.25, -0.2) is 0 Å². The summed E-state index contributed by atoms with van der Waals surface area (Å²) in [4.78, 5) is 0. The zero-order valence-electron chi connectivity index (χ0n) is 63.4. The summed E-state index contributed by atoms with van der Waals surface area (Å²) in [6.45, 7) is 34.0. The van der Waals surface area contributed by atoms with Crippen molar-refractivity contribution in [3.8, 4) is 0 Å². The fourth-order valence-electron chi connectivity index (χ4n) is 13.4. The fraction of sp³-hybridized carbons (Fsp3) is 0.667. The first kappa shape index (κ1) is 83.1. The Morgan fingerprint density at radius 1 is 0.112 bits per heavy atom. The van der Waals surface area contributed by atoms with E-state index in [0.29, 0.717) is 0 Å². The van der Waals surface area contributed by atoms with Crippen LogP contribution in [0.25, 0.3) is 56.2 Å². The van der Waals surface area contributed by atoms with Gasteiger partial charge in [-0.15, -0.1) is 159 Å². The minimum absolute atomic E-state index is 1.19. The maximum atomic E-state index is 2.43. The van der Waals surface area contributed by atoms with Crippen molar-refractivity contribution < 1.29 is 0 Å². The topological polar surface area (TPSA) is 0 Å². The van der Waals surface area contributed by atoms with Gasteiger partial charge >= 0.3 is 0 Å². The SMILES string of the molecule is CCCCc1c(CCCC)c2sc1sc1sc(sc3sc(sc4sc(sc5sc(sc6sc(sc7sc(s2)c(CCCC)c7CCCC)c(CCCC)c6CCCC)c(CCCC)c5CCCC)c(CCCC)c4CCCC)c(CCCC)c3CCCC)c(CCCC)c1CCCC. The average molecular weight is 1580 g/mol. The molecule has 0 N–H and O–H groups in total. The molecule has 8 rings (SSSR count). The number of hydrogen-bond acceptors (Lipinski definition) is 14. The highest BCUT2D eigenvalue weighted by Crippen LogP contribution is 2.51. The van der Waals surface area contributed by atoms with E-state index in [9.17, 15) is 0 Å². The van der Waals surface area contributed by atoms with Gasteiger partial charge in [-0.05, 0) is 258 Å². The van der Waals surface area contributed by atoms with Crippen molar-refractivity contribution in [3.63, 3.8) is 0 Å². The molecule has 14 bridgehead atoms. The molecule has 0 saturated carbocycles. The third kappa shape index (κ3) is 22.3. The summed E-state index contributed by atoms with van der Waals surface area (Å²) in [5, 5.41) is 0. The van der Waals surface area contributed by atoms with E-state index in [-0.39, 0.29) is 0 Å². The van der Waals surface area contributed by atoms with Crippen LogP contribution in [0, 0.1) is 0 Å². The smallest absolute Gasteiger partial charge is 0.0857 e. The van der Waals surface area contributed by atoms with E-state index in [4.69, 9.17) is 0 Å². The molecular formula is C84H126S14. The Bertz CT molecular complexity index is 3090. The van der Waals surface area contributed by atoms with Gasteiger partial charge in [-0.1, -0.05) is 187 Å². The molecule has 98 heavy (non-hydrogen) atoms. The van der Waals surface area contributed by atoms with Crippen molar-refractivity contribution in [2.75, 3.05) is 0 Å². The van der Waals surface area contributed by atoms with Crippen molar-refractivity contribution >= 4 is 215 Å².